The number of halogens is 6. The molecular weight excluding hydrogens is 2260 g/mol. The van der Waals surface area contributed by atoms with Gasteiger partial charge in [-0.3, -0.25) is 0 Å². The number of nitrogen functional groups attached to an aromatic ring is 1. The summed E-state index contributed by atoms with van der Waals surface area (Å²) in [5.41, 5.74) is 17.1. The molecule has 11 aromatic rings. The predicted molar refractivity (Wildman–Crippen MR) is 537 cm³/mol. The topological polar surface area (TPSA) is 464 Å². The van der Waals surface area contributed by atoms with Crippen LogP contribution in [-0.4, -0.2) is 197 Å². The fraction of sp³-hybridized carbons (Fsp3) is 0.245. The van der Waals surface area contributed by atoms with Crippen molar-refractivity contribution in [3.8, 4) is 57.5 Å². The van der Waals surface area contributed by atoms with E-state index < -0.39 is 78.6 Å². The maximum absolute atomic E-state index is 12.8. The number of sulfone groups is 2. The van der Waals surface area contributed by atoms with Gasteiger partial charge in [0.15, 0.2) is 19.7 Å². The van der Waals surface area contributed by atoms with Crippen molar-refractivity contribution in [1.29, 1.82) is 0 Å². The number of nitrogens with zero attached hydrogens (tertiary/aromatic N) is 2. The molecule has 2 heterocycles. The minimum atomic E-state index is -3.95. The summed E-state index contributed by atoms with van der Waals surface area (Å²) in [6.45, 7) is 1.41. The molecule has 0 aliphatic carbocycles. The number of nitrogens with two attached hydrogens (primary N) is 2. The highest BCUT2D eigenvalue weighted by Gasteiger charge is 2.38. The Morgan fingerprint density at radius 3 is 1.01 bits per heavy atom. The Bertz CT molecular complexity index is 6890. The van der Waals surface area contributed by atoms with Crippen molar-refractivity contribution in [3.63, 3.8) is 0 Å². The van der Waals surface area contributed by atoms with Crippen LogP contribution in [0.1, 0.15) is 90.7 Å². The van der Waals surface area contributed by atoms with Gasteiger partial charge in [-0.15, -0.1) is 0 Å². The molecule has 0 saturated carbocycles. The molecule has 34 nitrogen and oxygen atoms in total. The van der Waals surface area contributed by atoms with Crippen molar-refractivity contribution >= 4 is 175 Å². The van der Waals surface area contributed by atoms with Crippen molar-refractivity contribution in [2.24, 2.45) is 5.73 Å². The summed E-state index contributed by atoms with van der Waals surface area (Å²) >= 11 is 16.1. The molecule has 0 saturated heterocycles. The third-order valence-electron chi connectivity index (χ3n) is 20.3. The number of benzene rings is 11. The van der Waals surface area contributed by atoms with Crippen LogP contribution in [0.25, 0.3) is 0 Å². The molecule has 0 amide bonds. The Hall–Kier alpha value is -11.1. The second-order valence-corrected chi connectivity index (χ2v) is 43.8. The zero-order chi connectivity index (χ0) is 103. The number of aromatic carboxylic acids is 1. The number of fused-ring (bicyclic) bond motifs is 2. The molecule has 13 rings (SSSR count). The van der Waals surface area contributed by atoms with Gasteiger partial charge in [0.05, 0.1) is 163 Å². The molecule has 2 aliphatic rings. The number of carbonyl (C=O) groups excluding carboxylic acids is 4. The van der Waals surface area contributed by atoms with Crippen LogP contribution in [0.15, 0.2) is 247 Å². The number of carbonyl (C=O) groups is 5. The summed E-state index contributed by atoms with van der Waals surface area (Å²) in [6.07, 6.45) is 0.413. The first kappa shape index (κ1) is 115. The quantitative estimate of drug-likeness (QED) is 0.0170. The van der Waals surface area contributed by atoms with E-state index in [0.29, 0.717) is 105 Å². The van der Waals surface area contributed by atoms with E-state index in [1.807, 2.05) is 30.3 Å². The van der Waals surface area contributed by atoms with Gasteiger partial charge in [-0.05, 0) is 175 Å². The molecule has 746 valence electrons. The fourth-order valence-electron chi connectivity index (χ4n) is 13.2. The van der Waals surface area contributed by atoms with Crippen molar-refractivity contribution in [1.82, 2.24) is 8.61 Å². The second kappa shape index (κ2) is 52.9. The first-order valence-corrected chi connectivity index (χ1v) is 52.8. The summed E-state index contributed by atoms with van der Waals surface area (Å²) in [4.78, 5) is 57.3. The molecule has 0 atom stereocenters. The zero-order valence-corrected chi connectivity index (χ0v) is 89.8. The number of hydrogen-bond acceptors (Lipinski definition) is 31. The van der Waals surface area contributed by atoms with E-state index >= 15 is 0 Å². The highest BCUT2D eigenvalue weighted by molar-refractivity contribution is 9.11. The Kier molecular flexibility index (Phi) is 43.8. The second-order valence-electron chi connectivity index (χ2n) is 28.7. The van der Waals surface area contributed by atoms with Crippen LogP contribution < -0.4 is 58.8 Å². The number of carboxylic acid groups (broad SMARTS) is 1. The van der Waals surface area contributed by atoms with Gasteiger partial charge < -0.3 is 82.9 Å². The maximum atomic E-state index is 12.8. The minimum Gasteiger partial charge on any atom is -0.497 e. The van der Waals surface area contributed by atoms with Crippen LogP contribution in [0.2, 0.25) is 0 Å². The molecule has 45 heteroatoms. The van der Waals surface area contributed by atoms with Crippen LogP contribution in [-0.2, 0) is 113 Å². The lowest BCUT2D eigenvalue weighted by molar-refractivity contribution is 0.0587. The van der Waals surface area contributed by atoms with Crippen molar-refractivity contribution in [2.45, 2.75) is 70.0 Å². The number of rotatable bonds is 29. The van der Waals surface area contributed by atoms with Crippen LogP contribution in [0.3, 0.4) is 0 Å². The van der Waals surface area contributed by atoms with Gasteiger partial charge in [-0.2, -0.15) is 8.61 Å². The lowest BCUT2D eigenvalue weighted by Crippen LogP contribution is -2.24. The highest BCUT2D eigenvalue weighted by atomic mass is 79.9. The first-order chi connectivity index (χ1) is 65.8. The van der Waals surface area contributed by atoms with Crippen molar-refractivity contribution < 1.29 is 137 Å². The molecular formula is C94H98Br5ClN4O30S5. The lowest BCUT2D eigenvalue weighted by Gasteiger charge is -2.17. The van der Waals surface area contributed by atoms with Gasteiger partial charge in [0.1, 0.15) is 57.5 Å². The molecule has 11 aromatic carbocycles. The predicted octanol–water partition coefficient (Wildman–Crippen LogP) is 17.0. The zero-order valence-electron chi connectivity index (χ0n) is 77.1. The fourth-order valence-corrected chi connectivity index (χ4v) is 22.2. The SMILES string of the molecule is COC(=O)c1cc(Br)ccc1N.COC(=O)c1cc(Br)ccc1S(=O)(=O)CCc1ccc(OC)cc1OC.COC(=O)c1cc(Br)ccc1S(=O)(=O)Cl.COC(=O)c1ccc2c(c1)CN(Cc1ccc(OC)cc1OC)S2(=O)=O.COc1ccc(CCS(=O)(=O)c2ccc(Br)cc2C(=O)O)c(OC)c1.COc1ccc(CN)c(OC)c1.COc1ccc(CN2Cc3cc(Br)ccc3S2(=O)=O)c(OC)c1. The summed E-state index contributed by atoms with van der Waals surface area (Å²) in [7, 11) is 7.10. The number of anilines is 1. The van der Waals surface area contributed by atoms with E-state index in [-0.39, 0.29) is 80.3 Å². The Labute approximate surface area is 852 Å². The van der Waals surface area contributed by atoms with Gasteiger partial charge in [0.25, 0.3) is 9.05 Å². The lowest BCUT2D eigenvalue weighted by atomic mass is 10.1. The summed E-state index contributed by atoms with van der Waals surface area (Å²) < 4.78 is 201. The largest absolute Gasteiger partial charge is 0.497 e. The van der Waals surface area contributed by atoms with Crippen molar-refractivity contribution in [2.75, 3.05) is 117 Å². The van der Waals surface area contributed by atoms with Gasteiger partial charge in [-0.1, -0.05) is 110 Å². The number of methoxy groups -OCH3 is 14. The average molecular weight is 2360 g/mol. The molecule has 0 bridgehead atoms. The monoisotopic (exact) mass is 2350 g/mol. The van der Waals surface area contributed by atoms with E-state index in [4.69, 9.17) is 79.0 Å². The van der Waals surface area contributed by atoms with E-state index in [1.54, 1.807) is 152 Å². The minimum absolute atomic E-state index is 0.00331. The molecule has 0 fully saturated rings. The normalized spacial score (nSPS) is 12.5. The van der Waals surface area contributed by atoms with E-state index in [2.05, 4.69) is 89.1 Å². The number of ether oxygens (including phenoxy) is 14. The summed E-state index contributed by atoms with van der Waals surface area (Å²) in [6, 6.07) is 53.8. The summed E-state index contributed by atoms with van der Waals surface area (Å²) in [5.74, 6) is 2.20. The van der Waals surface area contributed by atoms with E-state index in [1.165, 1.54) is 119 Å². The number of aryl methyl sites for hydroxylation is 2. The smallest absolute Gasteiger partial charge is 0.339 e. The number of carboxylic acids is 1. The third kappa shape index (κ3) is 31.2. The Balaban J connectivity index is 0.000000225. The van der Waals surface area contributed by atoms with E-state index in [9.17, 15) is 71.2 Å². The van der Waals surface area contributed by atoms with Gasteiger partial charge in [0.2, 0.25) is 20.0 Å². The standard InChI is InChI=1S/C18H19BrO6S.C18H19NO6S.C17H17BrO6S.C16H16BrNO4S.C9H13NO2.C8H6BrClO4S.C8H8BrNO2/c1-23-14-6-4-12(16(11-14)24-2)8-9-26(21,22)17-7-5-13(19)10-15(17)18(20)25-3;1-23-15-6-4-13(16(9-15)24-2)10-19-11-14-8-12(18(20)25-3)5-7-17(14)26(19,21)22;1-23-13-5-3-11(15(10-13)24-2)7-8-25(21,22)16-6-4-12(18)9-14(16)17(19)20;1-21-14-5-3-11(15(8-14)22-2)9-18-10-12-7-13(17)4-6-16(12)23(18,19)20;1-11-8-4-3-7(6-10)9(5-8)12-2;1-14-8(11)6-4-5(9)2-3-7(6)15(10,12)13;1-12-8(11)6-4-5(9)2-3-7(6)10/h4-7,10-11H,8-9H2,1-3H3;4-9H,10-11H2,1-3H3;3-6,9-10H,7-8H2,1-2H3,(H,19,20);3-8H,9-10H2,1-2H3;3-5H,6,10H2,1-2H3;2-4H,1H3;2-4H,10H2,1H3. The maximum Gasteiger partial charge on any atom is 0.339 e. The summed E-state index contributed by atoms with van der Waals surface area (Å²) in [5, 5.41) is 9.26. The number of hydrogen-bond donors (Lipinski definition) is 3. The molecule has 0 unspecified atom stereocenters. The van der Waals surface area contributed by atoms with Crippen molar-refractivity contribution in [3.05, 3.63) is 289 Å². The van der Waals surface area contributed by atoms with Crippen LogP contribution >= 0.6 is 90.3 Å². The van der Waals surface area contributed by atoms with Crippen LogP contribution in [0, 0.1) is 0 Å². The molecule has 0 spiro atoms. The van der Waals surface area contributed by atoms with Gasteiger partial charge in [0, 0.05) is 118 Å². The number of esters is 4. The third-order valence-corrected chi connectivity index (χ3v) is 31.5. The Morgan fingerprint density at radius 1 is 0.353 bits per heavy atom. The molecule has 0 aromatic heterocycles. The molecule has 139 heavy (non-hydrogen) atoms. The first-order valence-electron chi connectivity index (χ1n) is 40.4. The number of sulfonamides is 2. The van der Waals surface area contributed by atoms with Crippen LogP contribution in [0.5, 0.6) is 57.5 Å². The van der Waals surface area contributed by atoms with E-state index in [0.717, 1.165) is 55.4 Å². The van der Waals surface area contributed by atoms with Gasteiger partial charge in [-0.25, -0.2) is 66.1 Å². The molecule has 0 radical (unpaired) electrons. The highest BCUT2D eigenvalue weighted by Crippen LogP contribution is 2.40. The average Bonchev–Trinajstić information content (AvgIpc) is 1.62. The van der Waals surface area contributed by atoms with Crippen LogP contribution in [0.4, 0.5) is 5.69 Å². The molecule has 2 aliphatic heterocycles. The Morgan fingerprint density at radius 2 is 0.647 bits per heavy atom. The molecule has 5 N–H and O–H groups in total. The van der Waals surface area contributed by atoms with Gasteiger partial charge >= 0.3 is 29.8 Å².